The molecule has 0 N–H and O–H groups in total. The molecule has 0 saturated carbocycles. The van der Waals surface area contributed by atoms with E-state index in [2.05, 4.69) is 9.72 Å². The van der Waals surface area contributed by atoms with Crippen LogP contribution in [0, 0.1) is 0 Å². The van der Waals surface area contributed by atoms with E-state index in [1.807, 2.05) is 12.1 Å². The van der Waals surface area contributed by atoms with Crippen LogP contribution in [0.1, 0.15) is 6.92 Å². The van der Waals surface area contributed by atoms with Crippen molar-refractivity contribution in [3.8, 4) is 5.75 Å². The van der Waals surface area contributed by atoms with Crippen LogP contribution in [0.4, 0.5) is 0 Å². The lowest BCUT2D eigenvalue weighted by atomic mass is 10.2. The molecule has 1 aromatic heterocycles. The summed E-state index contributed by atoms with van der Waals surface area (Å²) in [6, 6.07) is 8.89. The number of halogens is 1. The molecule has 0 radical (unpaired) electrons. The van der Waals surface area contributed by atoms with Gasteiger partial charge in [0.2, 0.25) is 0 Å². The fourth-order valence-corrected chi connectivity index (χ4v) is 1.76. The van der Waals surface area contributed by atoms with Gasteiger partial charge in [0.25, 0.3) is 0 Å². The Labute approximate surface area is 109 Å². The van der Waals surface area contributed by atoms with E-state index in [9.17, 15) is 4.79 Å². The van der Waals surface area contributed by atoms with Crippen LogP contribution in [0.15, 0.2) is 30.3 Å². The van der Waals surface area contributed by atoms with E-state index in [0.717, 1.165) is 10.9 Å². The second kappa shape index (κ2) is 5.23. The number of methoxy groups -OCH3 is 1. The summed E-state index contributed by atoms with van der Waals surface area (Å²) in [7, 11) is 1.33. The number of ether oxygens (including phenoxy) is 2. The fourth-order valence-electron chi connectivity index (χ4n) is 1.61. The molecule has 0 fully saturated rings. The summed E-state index contributed by atoms with van der Waals surface area (Å²) in [5.41, 5.74) is 0.720. The van der Waals surface area contributed by atoms with Gasteiger partial charge in [0.05, 0.1) is 12.6 Å². The van der Waals surface area contributed by atoms with Crippen LogP contribution in [0.2, 0.25) is 5.15 Å². The summed E-state index contributed by atoms with van der Waals surface area (Å²) in [5, 5.41) is 1.22. The Morgan fingerprint density at radius 1 is 1.33 bits per heavy atom. The summed E-state index contributed by atoms with van der Waals surface area (Å²) < 4.78 is 10.2. The lowest BCUT2D eigenvalue weighted by Gasteiger charge is -2.14. The molecule has 18 heavy (non-hydrogen) atoms. The molecule has 0 amide bonds. The first-order valence-electron chi connectivity index (χ1n) is 5.41. The molecule has 0 saturated heterocycles. The van der Waals surface area contributed by atoms with Crippen molar-refractivity contribution in [2.45, 2.75) is 13.0 Å². The van der Waals surface area contributed by atoms with Gasteiger partial charge in [0.1, 0.15) is 10.9 Å². The lowest BCUT2D eigenvalue weighted by Crippen LogP contribution is -2.24. The van der Waals surface area contributed by atoms with Gasteiger partial charge < -0.3 is 9.47 Å². The summed E-state index contributed by atoms with van der Waals surface area (Å²) in [6.45, 7) is 1.63. The highest BCUT2D eigenvalue weighted by atomic mass is 35.5. The predicted octanol–water partition coefficient (Wildman–Crippen LogP) is 2.83. The van der Waals surface area contributed by atoms with Crippen LogP contribution in [-0.4, -0.2) is 24.2 Å². The van der Waals surface area contributed by atoms with E-state index in [0.29, 0.717) is 10.9 Å². The van der Waals surface area contributed by atoms with Crippen LogP contribution in [0.3, 0.4) is 0 Å². The minimum atomic E-state index is -0.670. The summed E-state index contributed by atoms with van der Waals surface area (Å²) >= 11 is 5.82. The monoisotopic (exact) mass is 265 g/mol. The smallest absolute Gasteiger partial charge is 0.346 e. The van der Waals surface area contributed by atoms with Gasteiger partial charge in [0.15, 0.2) is 6.10 Å². The normalized spacial score (nSPS) is 12.2. The number of pyridine rings is 1. The number of fused-ring (bicyclic) bond motifs is 1. The maximum Gasteiger partial charge on any atom is 0.346 e. The molecule has 5 heteroatoms. The Morgan fingerprint density at radius 3 is 2.83 bits per heavy atom. The fraction of sp³-hybridized carbons (Fsp3) is 0.231. The molecular formula is C13H12ClNO3. The van der Waals surface area contributed by atoms with Crippen molar-refractivity contribution in [2.24, 2.45) is 0 Å². The van der Waals surface area contributed by atoms with Gasteiger partial charge in [0, 0.05) is 5.39 Å². The molecule has 1 atom stereocenters. The van der Waals surface area contributed by atoms with Crippen molar-refractivity contribution in [1.29, 1.82) is 0 Å². The number of benzene rings is 1. The first-order valence-corrected chi connectivity index (χ1v) is 5.79. The Bertz CT molecular complexity index is 585. The standard InChI is InChI=1S/C13H12ClNO3/c1-8(13(16)17-2)18-11-5-3-4-10-9(11)6-7-12(14)15-10/h3-8H,1-2H3/t8-/m0/s1. The van der Waals surface area contributed by atoms with Gasteiger partial charge >= 0.3 is 5.97 Å². The molecule has 0 aliphatic rings. The van der Waals surface area contributed by atoms with Gasteiger partial charge in [-0.2, -0.15) is 0 Å². The zero-order chi connectivity index (χ0) is 13.1. The van der Waals surface area contributed by atoms with Crippen LogP contribution in [0.25, 0.3) is 10.9 Å². The molecular weight excluding hydrogens is 254 g/mol. The van der Waals surface area contributed by atoms with Crippen molar-refractivity contribution < 1.29 is 14.3 Å². The van der Waals surface area contributed by atoms with Crippen molar-refractivity contribution in [2.75, 3.05) is 7.11 Å². The first-order chi connectivity index (χ1) is 8.61. The van der Waals surface area contributed by atoms with E-state index in [1.165, 1.54) is 7.11 Å². The molecule has 4 nitrogen and oxygen atoms in total. The van der Waals surface area contributed by atoms with E-state index in [4.69, 9.17) is 16.3 Å². The van der Waals surface area contributed by atoms with Gasteiger partial charge in [-0.25, -0.2) is 9.78 Å². The van der Waals surface area contributed by atoms with Crippen molar-refractivity contribution in [1.82, 2.24) is 4.98 Å². The molecule has 2 rings (SSSR count). The third-order valence-corrected chi connectivity index (χ3v) is 2.71. The molecule has 1 aromatic carbocycles. The largest absolute Gasteiger partial charge is 0.478 e. The van der Waals surface area contributed by atoms with Crippen LogP contribution >= 0.6 is 11.6 Å². The summed E-state index contributed by atoms with van der Waals surface area (Å²) in [6.07, 6.45) is -0.670. The average Bonchev–Trinajstić information content (AvgIpc) is 2.37. The Kier molecular flexibility index (Phi) is 3.67. The maximum absolute atomic E-state index is 11.3. The van der Waals surface area contributed by atoms with E-state index >= 15 is 0 Å². The van der Waals surface area contributed by atoms with Gasteiger partial charge in [-0.1, -0.05) is 17.7 Å². The van der Waals surface area contributed by atoms with Crippen LogP contribution < -0.4 is 4.74 Å². The summed E-state index contributed by atoms with van der Waals surface area (Å²) in [4.78, 5) is 15.5. The molecule has 94 valence electrons. The van der Waals surface area contributed by atoms with Crippen LogP contribution in [-0.2, 0) is 9.53 Å². The number of nitrogens with zero attached hydrogens (tertiary/aromatic N) is 1. The zero-order valence-electron chi connectivity index (χ0n) is 10.0. The molecule has 0 aliphatic heterocycles. The molecule has 0 spiro atoms. The maximum atomic E-state index is 11.3. The molecule has 2 aromatic rings. The second-order valence-corrected chi connectivity index (χ2v) is 4.13. The topological polar surface area (TPSA) is 48.4 Å². The quantitative estimate of drug-likeness (QED) is 0.632. The molecule has 0 aliphatic carbocycles. The predicted molar refractivity (Wildman–Crippen MR) is 68.9 cm³/mol. The van der Waals surface area contributed by atoms with E-state index in [1.54, 1.807) is 25.1 Å². The lowest BCUT2D eigenvalue weighted by molar-refractivity contribution is -0.147. The highest BCUT2D eigenvalue weighted by Crippen LogP contribution is 2.26. The first kappa shape index (κ1) is 12.6. The van der Waals surface area contributed by atoms with E-state index in [-0.39, 0.29) is 0 Å². The SMILES string of the molecule is COC(=O)[C@H](C)Oc1cccc2nc(Cl)ccc12. The number of aromatic nitrogens is 1. The number of hydrogen-bond acceptors (Lipinski definition) is 4. The number of carbonyl (C=O) groups excluding carboxylic acids is 1. The highest BCUT2D eigenvalue weighted by molar-refractivity contribution is 6.29. The minimum absolute atomic E-state index is 0.417. The van der Waals surface area contributed by atoms with Crippen LogP contribution in [0.5, 0.6) is 5.75 Å². The number of rotatable bonds is 3. The number of esters is 1. The second-order valence-electron chi connectivity index (χ2n) is 3.74. The van der Waals surface area contributed by atoms with Crippen molar-refractivity contribution in [3.63, 3.8) is 0 Å². The van der Waals surface area contributed by atoms with Crippen molar-refractivity contribution >= 4 is 28.5 Å². The molecule has 0 unspecified atom stereocenters. The Hall–Kier alpha value is -1.81. The summed E-state index contributed by atoms with van der Waals surface area (Å²) in [5.74, 6) is 0.156. The highest BCUT2D eigenvalue weighted by Gasteiger charge is 2.16. The van der Waals surface area contributed by atoms with E-state index < -0.39 is 12.1 Å². The van der Waals surface area contributed by atoms with Gasteiger partial charge in [-0.05, 0) is 31.2 Å². The zero-order valence-corrected chi connectivity index (χ0v) is 10.8. The number of carbonyl (C=O) groups is 1. The Morgan fingerprint density at radius 2 is 2.11 bits per heavy atom. The third kappa shape index (κ3) is 2.54. The Balaban J connectivity index is 2.36. The number of hydrogen-bond donors (Lipinski definition) is 0. The minimum Gasteiger partial charge on any atom is -0.478 e. The van der Waals surface area contributed by atoms with Gasteiger partial charge in [-0.15, -0.1) is 0 Å². The molecule has 1 heterocycles. The third-order valence-electron chi connectivity index (χ3n) is 2.49. The molecule has 0 bridgehead atoms. The average molecular weight is 266 g/mol. The van der Waals surface area contributed by atoms with Gasteiger partial charge in [-0.3, -0.25) is 0 Å². The van der Waals surface area contributed by atoms with Crippen molar-refractivity contribution in [3.05, 3.63) is 35.5 Å².